The third kappa shape index (κ3) is 4.09. The monoisotopic (exact) mass is 278 g/mol. The van der Waals surface area contributed by atoms with Crippen molar-refractivity contribution in [3.8, 4) is 0 Å². The van der Waals surface area contributed by atoms with Crippen LogP contribution in [0.3, 0.4) is 0 Å². The van der Waals surface area contributed by atoms with Crippen molar-refractivity contribution < 1.29 is 4.79 Å². The van der Waals surface area contributed by atoms with Gasteiger partial charge >= 0.3 is 0 Å². The molecule has 0 N–H and O–H groups in total. The summed E-state index contributed by atoms with van der Waals surface area (Å²) in [4.78, 5) is 11.2. The van der Waals surface area contributed by atoms with E-state index in [1.807, 2.05) is 0 Å². The first-order valence-electron chi connectivity index (χ1n) is 9.24. The van der Waals surface area contributed by atoms with Crippen LogP contribution < -0.4 is 0 Å². The molecule has 0 aromatic heterocycles. The topological polar surface area (TPSA) is 17.1 Å². The Morgan fingerprint density at radius 1 is 1.10 bits per heavy atom. The second kappa shape index (κ2) is 8.20. The zero-order valence-electron chi connectivity index (χ0n) is 13.5. The van der Waals surface area contributed by atoms with Crippen molar-refractivity contribution in [3.63, 3.8) is 0 Å². The Morgan fingerprint density at radius 3 is 2.45 bits per heavy atom. The maximum Gasteiger partial charge on any atom is 0.120 e. The van der Waals surface area contributed by atoms with Gasteiger partial charge in [0.2, 0.25) is 0 Å². The normalized spacial score (nSPS) is 30.9. The molecule has 2 saturated carbocycles. The van der Waals surface area contributed by atoms with E-state index in [9.17, 15) is 4.79 Å². The fourth-order valence-corrected chi connectivity index (χ4v) is 5.10. The van der Waals surface area contributed by atoms with Crippen molar-refractivity contribution in [1.82, 2.24) is 0 Å². The molecule has 0 amide bonds. The highest BCUT2D eigenvalue weighted by Crippen LogP contribution is 2.55. The van der Waals surface area contributed by atoms with Gasteiger partial charge < -0.3 is 4.79 Å². The van der Waals surface area contributed by atoms with Crippen LogP contribution in [0.5, 0.6) is 0 Å². The van der Waals surface area contributed by atoms with Gasteiger partial charge in [-0.1, -0.05) is 64.7 Å². The predicted molar refractivity (Wildman–Crippen MR) is 85.8 cm³/mol. The minimum Gasteiger partial charge on any atom is -0.303 e. The number of carbonyl (C=O) groups excluding carboxylic acids is 1. The number of hydrogen-bond acceptors (Lipinski definition) is 1. The number of fused-ring (bicyclic) bond motifs is 2. The molecule has 1 nitrogen and oxygen atoms in total. The Kier molecular flexibility index (Phi) is 6.58. The second-order valence-corrected chi connectivity index (χ2v) is 7.52. The van der Waals surface area contributed by atoms with E-state index in [0.717, 1.165) is 12.3 Å². The predicted octanol–water partition coefficient (Wildman–Crippen LogP) is 5.91. The van der Waals surface area contributed by atoms with Gasteiger partial charge in [0.1, 0.15) is 6.29 Å². The van der Waals surface area contributed by atoms with E-state index < -0.39 is 0 Å². The molecule has 2 aliphatic carbocycles. The van der Waals surface area contributed by atoms with Gasteiger partial charge in [-0.15, -0.1) is 0 Å². The van der Waals surface area contributed by atoms with Gasteiger partial charge in [0, 0.05) is 6.42 Å². The van der Waals surface area contributed by atoms with Crippen LogP contribution in [0.25, 0.3) is 0 Å². The molecule has 20 heavy (non-hydrogen) atoms. The van der Waals surface area contributed by atoms with Crippen LogP contribution in [0.4, 0.5) is 0 Å². The van der Waals surface area contributed by atoms with Crippen LogP contribution >= 0.6 is 0 Å². The van der Waals surface area contributed by atoms with Gasteiger partial charge in [-0.3, -0.25) is 0 Å². The van der Waals surface area contributed by atoms with Gasteiger partial charge in [0.05, 0.1) is 0 Å². The van der Waals surface area contributed by atoms with Gasteiger partial charge in [-0.25, -0.2) is 0 Å². The Hall–Kier alpha value is -0.330. The Bertz CT molecular complexity index is 273. The lowest BCUT2D eigenvalue weighted by molar-refractivity contribution is -0.110. The van der Waals surface area contributed by atoms with Crippen molar-refractivity contribution in [3.05, 3.63) is 0 Å². The zero-order valence-corrected chi connectivity index (χ0v) is 13.5. The van der Waals surface area contributed by atoms with Crippen LogP contribution in [0.2, 0.25) is 0 Å². The van der Waals surface area contributed by atoms with Gasteiger partial charge in [0.15, 0.2) is 0 Å². The van der Waals surface area contributed by atoms with Crippen LogP contribution in [0, 0.1) is 17.3 Å². The van der Waals surface area contributed by atoms with Crippen LogP contribution in [0.1, 0.15) is 96.8 Å². The van der Waals surface area contributed by atoms with Crippen molar-refractivity contribution in [2.24, 2.45) is 17.3 Å². The Labute approximate surface area is 125 Å². The first-order chi connectivity index (χ1) is 9.80. The fourth-order valence-electron chi connectivity index (χ4n) is 5.10. The van der Waals surface area contributed by atoms with E-state index in [0.29, 0.717) is 11.3 Å². The number of rotatable bonds is 9. The molecule has 0 aliphatic heterocycles. The number of hydrogen-bond donors (Lipinski definition) is 0. The molecule has 116 valence electrons. The molecule has 2 rings (SSSR count). The summed E-state index contributed by atoms with van der Waals surface area (Å²) in [5, 5.41) is 0. The molecule has 1 unspecified atom stereocenters. The third-order valence-electron chi connectivity index (χ3n) is 6.17. The van der Waals surface area contributed by atoms with Crippen LogP contribution in [-0.4, -0.2) is 6.29 Å². The molecule has 0 spiro atoms. The van der Waals surface area contributed by atoms with Crippen molar-refractivity contribution in [2.75, 3.05) is 0 Å². The molecule has 0 heterocycles. The lowest BCUT2D eigenvalue weighted by Crippen LogP contribution is -2.39. The van der Waals surface area contributed by atoms with E-state index in [2.05, 4.69) is 6.92 Å². The summed E-state index contributed by atoms with van der Waals surface area (Å²) in [6, 6.07) is 0. The maximum absolute atomic E-state index is 11.2. The van der Waals surface area contributed by atoms with Crippen molar-refractivity contribution in [2.45, 2.75) is 96.8 Å². The number of unbranched alkanes of at least 4 members (excludes halogenated alkanes) is 4. The summed E-state index contributed by atoms with van der Waals surface area (Å²) in [5.74, 6) is 1.69. The number of aldehydes is 1. The lowest BCUT2D eigenvalue weighted by Gasteiger charge is -2.50. The molecule has 1 atom stereocenters. The molecular formula is C19H34O. The van der Waals surface area contributed by atoms with Crippen LogP contribution in [0.15, 0.2) is 0 Å². The van der Waals surface area contributed by atoms with Crippen molar-refractivity contribution >= 4 is 6.29 Å². The van der Waals surface area contributed by atoms with Crippen LogP contribution in [-0.2, 0) is 4.79 Å². The molecule has 2 fully saturated rings. The second-order valence-electron chi connectivity index (χ2n) is 7.52. The molecule has 2 aliphatic rings. The average molecular weight is 278 g/mol. The van der Waals surface area contributed by atoms with Crippen molar-refractivity contribution in [1.29, 1.82) is 0 Å². The average Bonchev–Trinajstić information content (AvgIpc) is 2.46. The number of carbonyl (C=O) groups is 1. The SMILES string of the molecule is CCCCCCCC(CC=O)C12CCCC(CCC1)C2. The highest BCUT2D eigenvalue weighted by atomic mass is 16.1. The quantitative estimate of drug-likeness (QED) is 0.378. The molecule has 0 aromatic rings. The summed E-state index contributed by atoms with van der Waals surface area (Å²) < 4.78 is 0. The van der Waals surface area contributed by atoms with Gasteiger partial charge in [0.25, 0.3) is 0 Å². The van der Waals surface area contributed by atoms with Gasteiger partial charge in [-0.2, -0.15) is 0 Å². The summed E-state index contributed by atoms with van der Waals surface area (Å²) in [5.41, 5.74) is 0.562. The molecule has 1 heteroatoms. The lowest BCUT2D eigenvalue weighted by atomic mass is 9.55. The Balaban J connectivity index is 1.87. The zero-order chi connectivity index (χ0) is 14.3. The van der Waals surface area contributed by atoms with E-state index in [-0.39, 0.29) is 0 Å². The molecule has 0 saturated heterocycles. The molecule has 2 bridgehead atoms. The van der Waals surface area contributed by atoms with E-state index in [4.69, 9.17) is 0 Å². The van der Waals surface area contributed by atoms with Gasteiger partial charge in [-0.05, 0) is 42.9 Å². The van der Waals surface area contributed by atoms with E-state index in [1.165, 1.54) is 89.8 Å². The summed E-state index contributed by atoms with van der Waals surface area (Å²) in [6.07, 6.45) is 20.2. The maximum atomic E-state index is 11.2. The summed E-state index contributed by atoms with van der Waals surface area (Å²) >= 11 is 0. The summed E-state index contributed by atoms with van der Waals surface area (Å²) in [6.45, 7) is 2.28. The first-order valence-corrected chi connectivity index (χ1v) is 9.24. The standard InChI is InChI=1S/C19H34O/c1-2-3-4-5-6-11-18(12-15-20)19-13-7-9-17(16-19)10-8-14-19/h15,17-18H,2-14,16H2,1H3. The Morgan fingerprint density at radius 2 is 1.80 bits per heavy atom. The fraction of sp³-hybridized carbons (Fsp3) is 0.947. The first kappa shape index (κ1) is 16.0. The largest absolute Gasteiger partial charge is 0.303 e. The third-order valence-corrected chi connectivity index (χ3v) is 6.17. The molecule has 0 radical (unpaired) electrons. The minimum atomic E-state index is 0.562. The van der Waals surface area contributed by atoms with E-state index >= 15 is 0 Å². The smallest absolute Gasteiger partial charge is 0.120 e. The summed E-state index contributed by atoms with van der Waals surface area (Å²) in [7, 11) is 0. The molecule has 0 aromatic carbocycles. The van der Waals surface area contributed by atoms with E-state index in [1.54, 1.807) is 0 Å². The highest BCUT2D eigenvalue weighted by Gasteiger charge is 2.43. The highest BCUT2D eigenvalue weighted by molar-refractivity contribution is 5.50. The molecular weight excluding hydrogens is 244 g/mol. The minimum absolute atomic E-state index is 0.562.